The Hall–Kier alpha value is -4.41. The lowest BCUT2D eigenvalue weighted by Crippen LogP contribution is -2.44. The molecule has 0 aliphatic carbocycles. The van der Waals surface area contributed by atoms with Crippen LogP contribution in [0.25, 0.3) is 0 Å². The van der Waals surface area contributed by atoms with E-state index in [1.807, 2.05) is 4.90 Å². The summed E-state index contributed by atoms with van der Waals surface area (Å²) in [6.45, 7) is 0.233. The van der Waals surface area contributed by atoms with Gasteiger partial charge in [-0.15, -0.1) is 0 Å². The number of anilines is 1. The number of piperidine rings is 1. The molecule has 16 heteroatoms. The first-order chi connectivity index (χ1) is 23.4. The molecule has 3 atom stereocenters. The molecule has 1 fully saturated rings. The number of methoxy groups -OCH3 is 2. The number of halogens is 3. The summed E-state index contributed by atoms with van der Waals surface area (Å²) >= 11 is 0.917. The Kier molecular flexibility index (Phi) is 9.73. The van der Waals surface area contributed by atoms with Crippen molar-refractivity contribution in [1.82, 2.24) is 14.3 Å². The number of hydrogen-bond donors (Lipinski definition) is 1. The number of primary amides is 1. The molecule has 49 heavy (non-hydrogen) atoms. The van der Waals surface area contributed by atoms with Crippen molar-refractivity contribution in [3.05, 3.63) is 89.2 Å². The van der Waals surface area contributed by atoms with Crippen LogP contribution in [0.1, 0.15) is 58.4 Å². The molecule has 0 bridgehead atoms. The van der Waals surface area contributed by atoms with Gasteiger partial charge in [0.1, 0.15) is 23.6 Å². The fourth-order valence-corrected chi connectivity index (χ4v) is 8.68. The molecule has 4 aromatic rings. The van der Waals surface area contributed by atoms with E-state index in [9.17, 15) is 26.4 Å². The number of fused-ring (bicyclic) bond motifs is 1. The normalized spacial score (nSPS) is 19.8. The molecular weight excluding hydrogens is 684 g/mol. The summed E-state index contributed by atoms with van der Waals surface area (Å²) in [6.07, 6.45) is -2.93. The number of nitrogens with two attached hydrogens (primary N) is 1. The highest BCUT2D eigenvalue weighted by Gasteiger charge is 2.47. The first-order valence-electron chi connectivity index (χ1n) is 15.4. The van der Waals surface area contributed by atoms with Crippen LogP contribution in [-0.2, 0) is 16.6 Å². The predicted molar refractivity (Wildman–Crippen MR) is 175 cm³/mol. The summed E-state index contributed by atoms with van der Waals surface area (Å²) in [5, 5.41) is 0.142. The number of likely N-dealkylation sites (tertiary alicyclic amines) is 1. The van der Waals surface area contributed by atoms with Crippen molar-refractivity contribution in [2.45, 2.75) is 49.0 Å². The van der Waals surface area contributed by atoms with Gasteiger partial charge in [0.2, 0.25) is 11.0 Å². The van der Waals surface area contributed by atoms with Crippen LogP contribution in [0.4, 0.5) is 18.3 Å². The molecule has 3 heterocycles. The molecule has 2 N–H and O–H groups in total. The number of alkyl halides is 3. The van der Waals surface area contributed by atoms with Gasteiger partial charge in [-0.05, 0) is 55.3 Å². The monoisotopic (exact) mass is 717 g/mol. The summed E-state index contributed by atoms with van der Waals surface area (Å²) in [5.41, 5.74) is 7.48. The van der Waals surface area contributed by atoms with Crippen LogP contribution in [0.5, 0.6) is 17.2 Å². The van der Waals surface area contributed by atoms with E-state index in [1.165, 1.54) is 38.7 Å². The van der Waals surface area contributed by atoms with E-state index in [0.717, 1.165) is 15.8 Å². The highest BCUT2D eigenvalue weighted by molar-refractivity contribution is 7.93. The van der Waals surface area contributed by atoms with Crippen molar-refractivity contribution in [2.75, 3.05) is 31.7 Å². The van der Waals surface area contributed by atoms with Gasteiger partial charge in [0.25, 0.3) is 10.0 Å². The van der Waals surface area contributed by atoms with Gasteiger partial charge in [-0.25, -0.2) is 17.7 Å². The van der Waals surface area contributed by atoms with Crippen LogP contribution < -0.4 is 24.2 Å². The molecule has 2 aliphatic rings. The van der Waals surface area contributed by atoms with Gasteiger partial charge in [0.15, 0.2) is 0 Å². The number of carbonyl (C=O) groups excluding carboxylic acids is 1. The zero-order valence-corrected chi connectivity index (χ0v) is 28.2. The predicted octanol–water partition coefficient (Wildman–Crippen LogP) is 5.89. The Morgan fingerprint density at radius 2 is 1.90 bits per heavy atom. The van der Waals surface area contributed by atoms with Gasteiger partial charge >= 0.3 is 6.18 Å². The van der Waals surface area contributed by atoms with Crippen molar-refractivity contribution >= 4 is 32.6 Å². The quantitative estimate of drug-likeness (QED) is 0.213. The molecule has 11 nitrogen and oxygen atoms in total. The first-order valence-corrected chi connectivity index (χ1v) is 17.6. The second-order valence-corrected chi connectivity index (χ2v) is 14.4. The molecule has 3 aromatic carbocycles. The maximum absolute atomic E-state index is 14.3. The Balaban J connectivity index is 1.35. The number of ether oxygens (including phenoxy) is 3. The van der Waals surface area contributed by atoms with Gasteiger partial charge in [-0.2, -0.15) is 17.5 Å². The van der Waals surface area contributed by atoms with Crippen LogP contribution >= 0.6 is 11.5 Å². The third-order valence-electron chi connectivity index (χ3n) is 9.02. The van der Waals surface area contributed by atoms with Crippen LogP contribution in [0, 0.1) is 5.92 Å². The first kappa shape index (κ1) is 34.5. The van der Waals surface area contributed by atoms with E-state index in [-0.39, 0.29) is 54.2 Å². The van der Waals surface area contributed by atoms with E-state index in [4.69, 9.17) is 19.9 Å². The number of nitrogens with zero attached hydrogens (tertiary/aromatic N) is 4. The van der Waals surface area contributed by atoms with Crippen molar-refractivity contribution in [2.24, 2.45) is 11.7 Å². The summed E-state index contributed by atoms with van der Waals surface area (Å²) in [4.78, 5) is 18.1. The average molecular weight is 718 g/mol. The lowest BCUT2D eigenvalue weighted by molar-refractivity contribution is -0.192. The minimum atomic E-state index is -4.38. The molecule has 0 saturated carbocycles. The average Bonchev–Trinajstić information content (AvgIpc) is 3.64. The Bertz CT molecular complexity index is 1930. The molecular formula is C33H34F3N5O6S2. The van der Waals surface area contributed by atoms with Gasteiger partial charge < -0.3 is 19.9 Å². The molecule has 0 spiro atoms. The maximum Gasteiger partial charge on any atom is 0.391 e. The van der Waals surface area contributed by atoms with Crippen LogP contribution in [0.2, 0.25) is 0 Å². The molecule has 2 aliphatic heterocycles. The van der Waals surface area contributed by atoms with Crippen molar-refractivity contribution < 1.29 is 40.6 Å². The minimum Gasteiger partial charge on any atom is -0.497 e. The fraction of sp³-hybridized carbons (Fsp3) is 0.364. The summed E-state index contributed by atoms with van der Waals surface area (Å²) < 4.78 is 92.4. The summed E-state index contributed by atoms with van der Waals surface area (Å²) in [6, 6.07) is 15.0. The zero-order chi connectivity index (χ0) is 34.9. The van der Waals surface area contributed by atoms with Crippen LogP contribution in [-0.4, -0.2) is 62.1 Å². The van der Waals surface area contributed by atoms with E-state index >= 15 is 0 Å². The van der Waals surface area contributed by atoms with E-state index in [1.54, 1.807) is 42.5 Å². The van der Waals surface area contributed by atoms with Crippen molar-refractivity contribution in [3.63, 3.8) is 0 Å². The van der Waals surface area contributed by atoms with Crippen molar-refractivity contribution in [1.29, 1.82) is 0 Å². The number of hydrogen-bond acceptors (Lipinski definition) is 10. The van der Waals surface area contributed by atoms with Gasteiger partial charge in [-0.1, -0.05) is 18.2 Å². The molecule has 1 aromatic heterocycles. The lowest BCUT2D eigenvalue weighted by Gasteiger charge is -2.46. The highest BCUT2D eigenvalue weighted by Crippen LogP contribution is 2.48. The summed E-state index contributed by atoms with van der Waals surface area (Å²) in [7, 11) is -1.25. The number of aromatic nitrogens is 2. The van der Waals surface area contributed by atoms with E-state index < -0.39 is 34.1 Å². The number of carbonyl (C=O) groups is 1. The Labute approximate surface area is 285 Å². The van der Waals surface area contributed by atoms with Gasteiger partial charge in [-0.3, -0.25) is 9.69 Å². The second-order valence-electron chi connectivity index (χ2n) is 11.8. The zero-order valence-electron chi connectivity index (χ0n) is 26.6. The second kappa shape index (κ2) is 13.8. The number of benzene rings is 3. The third-order valence-corrected chi connectivity index (χ3v) is 11.6. The molecule has 0 radical (unpaired) electrons. The lowest BCUT2D eigenvalue weighted by atomic mass is 9.83. The maximum atomic E-state index is 14.3. The van der Waals surface area contributed by atoms with Crippen molar-refractivity contribution in [3.8, 4) is 17.2 Å². The molecule has 1 unspecified atom stereocenters. The van der Waals surface area contributed by atoms with Gasteiger partial charge in [0, 0.05) is 58.9 Å². The van der Waals surface area contributed by atoms with E-state index in [0.29, 0.717) is 40.4 Å². The molecule has 260 valence electrons. The van der Waals surface area contributed by atoms with Gasteiger partial charge in [0.05, 0.1) is 38.2 Å². The minimum absolute atomic E-state index is 0.0592. The Morgan fingerprint density at radius 1 is 1.08 bits per heavy atom. The largest absolute Gasteiger partial charge is 0.497 e. The number of sulfonamides is 1. The van der Waals surface area contributed by atoms with E-state index in [2.05, 4.69) is 9.36 Å². The number of amides is 1. The Morgan fingerprint density at radius 3 is 2.59 bits per heavy atom. The molecule has 1 saturated heterocycles. The van der Waals surface area contributed by atoms with Crippen LogP contribution in [0.15, 0.2) is 71.9 Å². The SMILES string of the molecule is COc1ccc(CN(c2ncns2)S(=O)(=O)c2ccc3c(c2)OCCC3N2CC[C@@H](C(F)(F)F)C[C@H]2c2cccc(C(N)=O)c2)c(OC)c1. The summed E-state index contributed by atoms with van der Waals surface area (Å²) in [5.74, 6) is -0.911. The molecule has 1 amide bonds. The molecule has 6 rings (SSSR count). The third kappa shape index (κ3) is 7.03. The standard InChI is InChI=1S/C33H34F3N5O6S2/c1-45-24-7-6-22(29(16-24)46-2)18-41(32-38-19-39-48-32)49(43,44)25-8-9-26-27(11-13-47-30(26)17-25)40-12-10-23(33(34,35)36)15-28(40)20-4-3-5-21(14-20)31(37)42/h3-9,14,16-17,19,23,27-28H,10-13,15,18H2,1-2H3,(H2,37,42)/t23-,27?,28+/m1/s1. The van der Waals surface area contributed by atoms with Crippen LogP contribution in [0.3, 0.4) is 0 Å². The fourth-order valence-electron chi connectivity index (χ4n) is 6.53. The number of rotatable bonds is 10. The topological polar surface area (TPSA) is 137 Å². The highest BCUT2D eigenvalue weighted by atomic mass is 32.2. The smallest absolute Gasteiger partial charge is 0.391 e.